The fourth-order valence-electron chi connectivity index (χ4n) is 12.0. The number of fused-ring (bicyclic) bond motifs is 4. The van der Waals surface area contributed by atoms with Crippen LogP contribution in [0.3, 0.4) is 0 Å². The Hall–Kier alpha value is -7.79. The topological polar surface area (TPSA) is 164 Å². The van der Waals surface area contributed by atoms with Gasteiger partial charge in [0.25, 0.3) is 0 Å². The Kier molecular flexibility index (Phi) is 17.1. The minimum absolute atomic E-state index is 0.000118. The van der Waals surface area contributed by atoms with E-state index in [1.165, 1.54) is 114 Å². The van der Waals surface area contributed by atoms with Crippen LogP contribution in [0.2, 0.25) is 0 Å². The normalized spacial score (nSPS) is 14.8. The number of hydrogen-bond donors (Lipinski definition) is 3. The highest BCUT2D eigenvalue weighted by atomic mass is 16.5. The Labute approximate surface area is 472 Å². The van der Waals surface area contributed by atoms with Crippen molar-refractivity contribution in [1.29, 1.82) is 0 Å². The number of phenolic OH excluding ortho intramolecular Hbond substituents is 3. The van der Waals surface area contributed by atoms with Crippen LogP contribution in [0.15, 0.2) is 109 Å². The molecule has 8 aromatic rings. The lowest BCUT2D eigenvalue weighted by Gasteiger charge is -2.22. The molecule has 0 aliphatic heterocycles. The van der Waals surface area contributed by atoms with Crippen LogP contribution in [0.1, 0.15) is 150 Å². The van der Waals surface area contributed by atoms with Crippen molar-refractivity contribution in [3.8, 4) is 91.3 Å². The third-order valence-electron chi connectivity index (χ3n) is 15.8. The number of aromatic nitrogens is 6. The lowest BCUT2D eigenvalue weighted by molar-refractivity contribution is -0.135. The highest BCUT2D eigenvalue weighted by Gasteiger charge is 2.23. The standard InChI is InChI=1S/C38H43N3O3.C29H27N3O2.C2H6/c1-24(23-38(2,3)4)19-34(43)44-31-17-18-32(33(42)22-31)37-40-35(29-15-13-25-9-5-7-11-27(25)20-29)39-36(41-37)30-16-14-26-10-6-8-12-28(26)21-30;33-24-13-14-25(26(34)17-24)29-31-27(22-11-9-18-5-1-3-7-20(18)15-22)30-28(32-29)23-12-10-19-6-2-4-8-21(19)16-23;1-2/h13-18,20-22,24,42H,5-12,19,23H2,1-4H3;9-17,33-34H,1-8H2;1-2H3. The van der Waals surface area contributed by atoms with E-state index in [4.69, 9.17) is 34.6 Å². The largest absolute Gasteiger partial charge is 0.508 e. The average molecular weight is 1070 g/mol. The summed E-state index contributed by atoms with van der Waals surface area (Å²) in [7, 11) is 0. The second kappa shape index (κ2) is 24.7. The molecule has 2 aromatic heterocycles. The molecule has 3 N–H and O–H groups in total. The highest BCUT2D eigenvalue weighted by Crippen LogP contribution is 2.38. The first-order chi connectivity index (χ1) is 38.7. The van der Waals surface area contributed by atoms with Gasteiger partial charge in [0.2, 0.25) is 0 Å². The molecule has 0 saturated heterocycles. The monoisotopic (exact) mass is 1070 g/mol. The second-order valence-electron chi connectivity index (χ2n) is 23.3. The summed E-state index contributed by atoms with van der Waals surface area (Å²) in [6.07, 6.45) is 19.7. The van der Waals surface area contributed by atoms with Crippen LogP contribution >= 0.6 is 0 Å². The quantitative estimate of drug-likeness (QED) is 0.0882. The number of benzene rings is 6. The summed E-state index contributed by atoms with van der Waals surface area (Å²) >= 11 is 0. The number of ether oxygens (including phenoxy) is 1. The van der Waals surface area contributed by atoms with Gasteiger partial charge in [0.05, 0.1) is 11.1 Å². The summed E-state index contributed by atoms with van der Waals surface area (Å²) in [6, 6.07) is 35.4. The molecule has 0 saturated carbocycles. The van der Waals surface area contributed by atoms with Crippen LogP contribution in [0, 0.1) is 11.3 Å². The molecule has 11 heteroatoms. The summed E-state index contributed by atoms with van der Waals surface area (Å²) in [5.41, 5.74) is 16.0. The molecule has 412 valence electrons. The van der Waals surface area contributed by atoms with Gasteiger partial charge in [0.1, 0.15) is 23.0 Å². The Morgan fingerprint density at radius 1 is 0.438 bits per heavy atom. The first-order valence-corrected chi connectivity index (χ1v) is 29.3. The Bertz CT molecular complexity index is 3390. The molecular weight excluding hydrogens is 993 g/mol. The predicted molar refractivity (Wildman–Crippen MR) is 319 cm³/mol. The zero-order valence-corrected chi connectivity index (χ0v) is 47.5. The van der Waals surface area contributed by atoms with Crippen molar-refractivity contribution in [2.24, 2.45) is 11.3 Å². The lowest BCUT2D eigenvalue weighted by atomic mass is 9.84. The summed E-state index contributed by atoms with van der Waals surface area (Å²) < 4.78 is 5.61. The SMILES string of the molecule is CC.CC(CC(=O)Oc1ccc(-c2nc(-c3ccc4c(c3)CCCC4)nc(-c3ccc4c(c3)CCCC4)n2)c(O)c1)CC(C)(C)C.Oc1ccc(-c2nc(-c3ccc4c(c3)CCCC4)nc(-c3ccc4c(c3)CCCC4)n2)c(O)c1. The fourth-order valence-corrected chi connectivity index (χ4v) is 12.0. The number of rotatable bonds is 10. The number of nitrogens with zero attached hydrogens (tertiary/aromatic N) is 6. The number of carbonyl (C=O) groups is 1. The van der Waals surface area contributed by atoms with E-state index in [1.54, 1.807) is 18.2 Å². The third-order valence-corrected chi connectivity index (χ3v) is 15.8. The molecule has 0 spiro atoms. The van der Waals surface area contributed by atoms with Crippen LogP contribution in [0.25, 0.3) is 68.3 Å². The van der Waals surface area contributed by atoms with Gasteiger partial charge in [0.15, 0.2) is 34.9 Å². The van der Waals surface area contributed by atoms with Crippen molar-refractivity contribution in [2.45, 2.75) is 157 Å². The van der Waals surface area contributed by atoms with Crippen molar-refractivity contribution in [3.05, 3.63) is 154 Å². The molecular formula is C69H76N6O5. The van der Waals surface area contributed by atoms with E-state index >= 15 is 0 Å². The van der Waals surface area contributed by atoms with E-state index in [-0.39, 0.29) is 34.6 Å². The Morgan fingerprint density at radius 3 is 1.10 bits per heavy atom. The summed E-state index contributed by atoms with van der Waals surface area (Å²) in [4.78, 5) is 41.8. The third kappa shape index (κ3) is 13.3. The molecule has 4 aliphatic rings. The molecule has 1 unspecified atom stereocenters. The second-order valence-corrected chi connectivity index (χ2v) is 23.3. The molecule has 0 fully saturated rings. The summed E-state index contributed by atoms with van der Waals surface area (Å²) in [5.74, 6) is 3.23. The van der Waals surface area contributed by atoms with Crippen molar-refractivity contribution in [1.82, 2.24) is 29.9 Å². The molecule has 0 amide bonds. The van der Waals surface area contributed by atoms with E-state index in [0.717, 1.165) is 80.0 Å². The molecule has 0 radical (unpaired) electrons. The van der Waals surface area contributed by atoms with Gasteiger partial charge >= 0.3 is 5.97 Å². The molecule has 1 atom stereocenters. The minimum atomic E-state index is -0.307. The summed E-state index contributed by atoms with van der Waals surface area (Å²) in [5, 5.41) is 31.4. The van der Waals surface area contributed by atoms with Gasteiger partial charge in [-0.2, -0.15) is 0 Å². The van der Waals surface area contributed by atoms with E-state index < -0.39 is 0 Å². The first-order valence-electron chi connectivity index (χ1n) is 29.3. The van der Waals surface area contributed by atoms with Crippen LogP contribution in [0.4, 0.5) is 0 Å². The maximum atomic E-state index is 12.6. The zero-order chi connectivity index (χ0) is 55.9. The molecule has 11 nitrogen and oxygen atoms in total. The maximum Gasteiger partial charge on any atom is 0.311 e. The van der Waals surface area contributed by atoms with Gasteiger partial charge in [-0.15, -0.1) is 0 Å². The number of esters is 1. The molecule has 6 aromatic carbocycles. The van der Waals surface area contributed by atoms with Gasteiger partial charge in [-0.3, -0.25) is 4.79 Å². The number of phenols is 3. The van der Waals surface area contributed by atoms with Gasteiger partial charge in [-0.05, 0) is 214 Å². The highest BCUT2D eigenvalue weighted by molar-refractivity contribution is 5.76. The zero-order valence-electron chi connectivity index (χ0n) is 47.5. The minimum Gasteiger partial charge on any atom is -0.508 e. The van der Waals surface area contributed by atoms with Gasteiger partial charge in [-0.1, -0.05) is 90.1 Å². The average Bonchev–Trinajstić information content (AvgIpc) is 3.65. The van der Waals surface area contributed by atoms with E-state index in [2.05, 4.69) is 100 Å². The summed E-state index contributed by atoms with van der Waals surface area (Å²) in [6.45, 7) is 12.6. The maximum absolute atomic E-state index is 12.6. The Balaban J connectivity index is 0.000000180. The van der Waals surface area contributed by atoms with E-state index in [9.17, 15) is 20.1 Å². The lowest BCUT2D eigenvalue weighted by Crippen LogP contribution is -2.17. The number of hydrogen-bond acceptors (Lipinski definition) is 11. The predicted octanol–water partition coefficient (Wildman–Crippen LogP) is 15.8. The van der Waals surface area contributed by atoms with Crippen LogP contribution in [-0.4, -0.2) is 51.2 Å². The molecule has 4 aliphatic carbocycles. The van der Waals surface area contributed by atoms with Crippen LogP contribution in [0.5, 0.6) is 23.0 Å². The smallest absolute Gasteiger partial charge is 0.311 e. The molecule has 80 heavy (non-hydrogen) atoms. The van der Waals surface area contributed by atoms with Gasteiger partial charge < -0.3 is 20.1 Å². The Morgan fingerprint density at radius 2 is 0.762 bits per heavy atom. The van der Waals surface area contributed by atoms with Crippen LogP contribution < -0.4 is 4.74 Å². The van der Waals surface area contributed by atoms with E-state index in [0.29, 0.717) is 58.2 Å². The van der Waals surface area contributed by atoms with Gasteiger partial charge in [0, 0.05) is 40.8 Å². The van der Waals surface area contributed by atoms with E-state index in [1.807, 2.05) is 13.8 Å². The van der Waals surface area contributed by atoms with Crippen molar-refractivity contribution >= 4 is 5.97 Å². The molecule has 0 bridgehead atoms. The molecule has 12 rings (SSSR count). The number of aromatic hydroxyl groups is 3. The van der Waals surface area contributed by atoms with Crippen molar-refractivity contribution < 1.29 is 24.9 Å². The number of carbonyl (C=O) groups excluding carboxylic acids is 1. The fraction of sp³-hybridized carbons (Fsp3) is 0.377. The van der Waals surface area contributed by atoms with Crippen molar-refractivity contribution in [2.75, 3.05) is 0 Å². The van der Waals surface area contributed by atoms with Crippen LogP contribution in [-0.2, 0) is 56.2 Å². The van der Waals surface area contributed by atoms with Gasteiger partial charge in [-0.25, -0.2) is 29.9 Å². The first kappa shape index (κ1) is 55.5. The van der Waals surface area contributed by atoms with Crippen molar-refractivity contribution in [3.63, 3.8) is 0 Å². The molecule has 2 heterocycles. The number of aryl methyl sites for hydroxylation is 8.